The molecule has 1 aliphatic rings. The number of aliphatic carboxylic acids is 1. The van der Waals surface area contributed by atoms with Gasteiger partial charge in [0, 0.05) is 17.2 Å². The largest absolute Gasteiger partial charge is 0.481 e. The van der Waals surface area contributed by atoms with E-state index in [2.05, 4.69) is 21.2 Å². The van der Waals surface area contributed by atoms with Crippen molar-refractivity contribution in [2.24, 2.45) is 11.8 Å². The molecular formula is C15H17BrN2O4. The van der Waals surface area contributed by atoms with Gasteiger partial charge in [-0.1, -0.05) is 15.9 Å². The lowest BCUT2D eigenvalue weighted by Crippen LogP contribution is -2.36. The number of hydrogen-bond acceptors (Lipinski definition) is 3. The summed E-state index contributed by atoms with van der Waals surface area (Å²) in [5.74, 6) is -2.66. The maximum absolute atomic E-state index is 12.0. The zero-order chi connectivity index (χ0) is 16.4. The molecular weight excluding hydrogens is 352 g/mol. The molecule has 2 atom stereocenters. The fourth-order valence-electron chi connectivity index (χ4n) is 2.27. The van der Waals surface area contributed by atoms with E-state index in [4.69, 9.17) is 5.11 Å². The van der Waals surface area contributed by atoms with Gasteiger partial charge in [-0.25, -0.2) is 0 Å². The topological polar surface area (TPSA) is 86.7 Å². The highest BCUT2D eigenvalue weighted by atomic mass is 79.9. The van der Waals surface area contributed by atoms with Gasteiger partial charge in [0.15, 0.2) is 0 Å². The second-order valence-electron chi connectivity index (χ2n) is 5.49. The quantitative estimate of drug-likeness (QED) is 0.830. The number of anilines is 1. The summed E-state index contributed by atoms with van der Waals surface area (Å²) in [7, 11) is 1.51. The van der Waals surface area contributed by atoms with E-state index in [9.17, 15) is 14.4 Å². The molecule has 1 saturated carbocycles. The van der Waals surface area contributed by atoms with Crippen LogP contribution in [-0.2, 0) is 14.4 Å². The Morgan fingerprint density at radius 3 is 2.59 bits per heavy atom. The summed E-state index contributed by atoms with van der Waals surface area (Å²) in [6, 6.07) is 5.48. The first-order valence-electron chi connectivity index (χ1n) is 6.83. The molecule has 1 fully saturated rings. The number of halogens is 1. The van der Waals surface area contributed by atoms with E-state index in [1.165, 1.54) is 11.9 Å². The third kappa shape index (κ3) is 3.85. The lowest BCUT2D eigenvalue weighted by Gasteiger charge is -2.17. The van der Waals surface area contributed by atoms with Crippen molar-refractivity contribution in [3.8, 4) is 0 Å². The second kappa shape index (κ2) is 6.48. The number of amides is 2. The summed E-state index contributed by atoms with van der Waals surface area (Å²) in [6.45, 7) is 1.77. The summed E-state index contributed by atoms with van der Waals surface area (Å²) >= 11 is 3.35. The number of benzene rings is 1. The first-order chi connectivity index (χ1) is 10.3. The molecule has 0 aromatic heterocycles. The van der Waals surface area contributed by atoms with Gasteiger partial charge in [-0.3, -0.25) is 14.4 Å². The van der Waals surface area contributed by atoms with Crippen LogP contribution in [-0.4, -0.2) is 41.4 Å². The number of carbonyl (C=O) groups excluding carboxylic acids is 2. The Kier molecular flexibility index (Phi) is 4.85. The lowest BCUT2D eigenvalue weighted by atomic mass is 10.2. The van der Waals surface area contributed by atoms with Crippen LogP contribution < -0.4 is 5.32 Å². The third-order valence-electron chi connectivity index (χ3n) is 3.64. The van der Waals surface area contributed by atoms with E-state index in [0.717, 1.165) is 10.0 Å². The Morgan fingerprint density at radius 2 is 2.05 bits per heavy atom. The highest BCUT2D eigenvalue weighted by Gasteiger charge is 2.49. The SMILES string of the molecule is Cc1cc(Br)ccc1NC(=O)CN(C)C(=O)C1CC1C(=O)O. The van der Waals surface area contributed by atoms with Crippen LogP contribution in [0.3, 0.4) is 0 Å². The van der Waals surface area contributed by atoms with Crippen LogP contribution in [0, 0.1) is 18.8 Å². The minimum Gasteiger partial charge on any atom is -0.481 e. The molecule has 0 aliphatic heterocycles. The number of carboxylic acids is 1. The fraction of sp³-hybridized carbons (Fsp3) is 0.400. The van der Waals surface area contributed by atoms with Crippen molar-refractivity contribution in [2.45, 2.75) is 13.3 Å². The highest BCUT2D eigenvalue weighted by molar-refractivity contribution is 9.10. The van der Waals surface area contributed by atoms with Gasteiger partial charge < -0.3 is 15.3 Å². The molecule has 118 valence electrons. The Labute approximate surface area is 136 Å². The molecule has 0 spiro atoms. The Bertz CT molecular complexity index is 632. The van der Waals surface area contributed by atoms with Crippen molar-refractivity contribution in [3.05, 3.63) is 28.2 Å². The van der Waals surface area contributed by atoms with Gasteiger partial charge in [0.1, 0.15) is 0 Å². The molecule has 2 N–H and O–H groups in total. The van der Waals surface area contributed by atoms with E-state index >= 15 is 0 Å². The van der Waals surface area contributed by atoms with Crippen molar-refractivity contribution >= 4 is 39.4 Å². The van der Waals surface area contributed by atoms with Crippen LogP contribution in [0.25, 0.3) is 0 Å². The molecule has 7 heteroatoms. The number of likely N-dealkylation sites (N-methyl/N-ethyl adjacent to an activating group) is 1. The maximum Gasteiger partial charge on any atom is 0.307 e. The zero-order valence-electron chi connectivity index (χ0n) is 12.3. The zero-order valence-corrected chi connectivity index (χ0v) is 13.9. The first-order valence-corrected chi connectivity index (χ1v) is 7.62. The fourth-order valence-corrected chi connectivity index (χ4v) is 2.75. The van der Waals surface area contributed by atoms with Crippen LogP contribution >= 0.6 is 15.9 Å². The van der Waals surface area contributed by atoms with Crippen molar-refractivity contribution in [2.75, 3.05) is 18.9 Å². The smallest absolute Gasteiger partial charge is 0.307 e. The number of rotatable bonds is 5. The summed E-state index contributed by atoms with van der Waals surface area (Å²) in [5.41, 5.74) is 1.59. The molecule has 0 radical (unpaired) electrons. The van der Waals surface area contributed by atoms with Crippen LogP contribution in [0.1, 0.15) is 12.0 Å². The number of carbonyl (C=O) groups is 3. The molecule has 1 aromatic carbocycles. The number of nitrogens with one attached hydrogen (secondary N) is 1. The third-order valence-corrected chi connectivity index (χ3v) is 4.14. The normalized spacial score (nSPS) is 19.4. The number of hydrogen-bond donors (Lipinski definition) is 2. The van der Waals surface area contributed by atoms with Gasteiger partial charge in [-0.2, -0.15) is 0 Å². The van der Waals surface area contributed by atoms with Gasteiger partial charge in [-0.05, 0) is 37.1 Å². The Hall–Kier alpha value is -1.89. The Balaban J connectivity index is 1.89. The predicted molar refractivity (Wildman–Crippen MR) is 84.4 cm³/mol. The van der Waals surface area contributed by atoms with Crippen molar-refractivity contribution < 1.29 is 19.5 Å². The van der Waals surface area contributed by atoms with E-state index in [1.54, 1.807) is 6.07 Å². The highest BCUT2D eigenvalue weighted by Crippen LogP contribution is 2.39. The standard InChI is InChI=1S/C15H17BrN2O4/c1-8-5-9(16)3-4-12(8)17-13(19)7-18(2)14(20)10-6-11(10)15(21)22/h3-5,10-11H,6-7H2,1-2H3,(H,17,19)(H,21,22). The monoisotopic (exact) mass is 368 g/mol. The molecule has 1 aliphatic carbocycles. The predicted octanol–water partition coefficient (Wildman–Crippen LogP) is 1.88. The molecule has 22 heavy (non-hydrogen) atoms. The summed E-state index contributed by atoms with van der Waals surface area (Å²) in [5, 5.41) is 11.6. The van der Waals surface area contributed by atoms with Crippen molar-refractivity contribution in [1.29, 1.82) is 0 Å². The Morgan fingerprint density at radius 1 is 1.36 bits per heavy atom. The number of nitrogens with zero attached hydrogens (tertiary/aromatic N) is 1. The minimum absolute atomic E-state index is 0.100. The molecule has 2 rings (SSSR count). The van der Waals surface area contributed by atoms with Gasteiger partial charge in [-0.15, -0.1) is 0 Å². The van der Waals surface area contributed by atoms with Crippen molar-refractivity contribution in [1.82, 2.24) is 4.90 Å². The van der Waals surface area contributed by atoms with Crippen molar-refractivity contribution in [3.63, 3.8) is 0 Å². The van der Waals surface area contributed by atoms with E-state index in [1.807, 2.05) is 19.1 Å². The second-order valence-corrected chi connectivity index (χ2v) is 6.40. The average Bonchev–Trinajstić information content (AvgIpc) is 3.21. The maximum atomic E-state index is 12.0. The number of aryl methyl sites for hydroxylation is 1. The molecule has 1 aromatic rings. The molecule has 2 amide bonds. The van der Waals surface area contributed by atoms with Crippen LogP contribution in [0.5, 0.6) is 0 Å². The van der Waals surface area contributed by atoms with Gasteiger partial charge >= 0.3 is 5.97 Å². The first kappa shape index (κ1) is 16.5. The van der Waals surface area contributed by atoms with Crippen LogP contribution in [0.4, 0.5) is 5.69 Å². The summed E-state index contributed by atoms with van der Waals surface area (Å²) in [4.78, 5) is 36.0. The molecule has 6 nitrogen and oxygen atoms in total. The molecule has 0 heterocycles. The van der Waals surface area contributed by atoms with Crippen LogP contribution in [0.2, 0.25) is 0 Å². The van der Waals surface area contributed by atoms with Gasteiger partial charge in [0.2, 0.25) is 11.8 Å². The summed E-state index contributed by atoms with van der Waals surface area (Å²) < 4.78 is 0.920. The van der Waals surface area contributed by atoms with Gasteiger partial charge in [0.25, 0.3) is 0 Å². The van der Waals surface area contributed by atoms with E-state index < -0.39 is 17.8 Å². The van der Waals surface area contributed by atoms with Crippen LogP contribution in [0.15, 0.2) is 22.7 Å². The molecule has 0 bridgehead atoms. The van der Waals surface area contributed by atoms with Gasteiger partial charge in [0.05, 0.1) is 18.4 Å². The number of carboxylic acid groups (broad SMARTS) is 1. The summed E-state index contributed by atoms with van der Waals surface area (Å²) in [6.07, 6.45) is 0.353. The molecule has 0 saturated heterocycles. The minimum atomic E-state index is -0.957. The van der Waals surface area contributed by atoms with E-state index in [-0.39, 0.29) is 18.4 Å². The molecule has 2 unspecified atom stereocenters. The lowest BCUT2D eigenvalue weighted by molar-refractivity contribution is -0.141. The van der Waals surface area contributed by atoms with E-state index in [0.29, 0.717) is 12.1 Å². The average molecular weight is 369 g/mol.